The second-order valence-electron chi connectivity index (χ2n) is 10.5. The number of nitriles is 1. The number of aliphatic hydroxyl groups is 1. The van der Waals surface area contributed by atoms with Crippen LogP contribution in [-0.2, 0) is 12.8 Å². The molecule has 5 atom stereocenters. The number of benzene rings is 2. The lowest BCUT2D eigenvalue weighted by atomic mass is 9.71. The van der Waals surface area contributed by atoms with Crippen molar-refractivity contribution < 1.29 is 29.2 Å². The van der Waals surface area contributed by atoms with E-state index in [2.05, 4.69) is 28.5 Å². The molecule has 9 nitrogen and oxygen atoms in total. The monoisotopic (exact) mass is 519 g/mol. The molecule has 4 aliphatic rings. The van der Waals surface area contributed by atoms with Crippen molar-refractivity contribution in [1.82, 2.24) is 9.80 Å². The van der Waals surface area contributed by atoms with Crippen LogP contribution in [0.2, 0.25) is 0 Å². The molecular weight excluding hydrogens is 486 g/mol. The first-order chi connectivity index (χ1) is 18.4. The SMILES string of the molecule is C=CCOc1c(C)c2c(c3c1CC1[C@H]4c5c(cc(C)c(OC)c5O)C[C@H](C(C#N)N1[C@H]3CO)N4C)OCO2. The molecule has 0 amide bonds. The van der Waals surface area contributed by atoms with E-state index < -0.39 is 12.1 Å². The molecule has 4 heterocycles. The van der Waals surface area contributed by atoms with Gasteiger partial charge in [-0.1, -0.05) is 18.7 Å². The Bertz CT molecular complexity index is 1370. The first-order valence-corrected chi connectivity index (χ1v) is 13.0. The van der Waals surface area contributed by atoms with Gasteiger partial charge in [-0.2, -0.15) is 5.26 Å². The summed E-state index contributed by atoms with van der Waals surface area (Å²) in [4.78, 5) is 4.36. The van der Waals surface area contributed by atoms with Crippen LogP contribution in [0, 0.1) is 25.2 Å². The van der Waals surface area contributed by atoms with Crippen LogP contribution in [0.4, 0.5) is 0 Å². The van der Waals surface area contributed by atoms with Gasteiger partial charge in [0, 0.05) is 34.3 Å². The normalized spacial score (nSPS) is 27.1. The molecule has 2 bridgehead atoms. The number of hydrogen-bond acceptors (Lipinski definition) is 9. The molecule has 0 saturated carbocycles. The molecule has 2 unspecified atom stereocenters. The van der Waals surface area contributed by atoms with Crippen molar-refractivity contribution in [2.45, 2.75) is 56.9 Å². The van der Waals surface area contributed by atoms with E-state index in [4.69, 9.17) is 18.9 Å². The Balaban J connectivity index is 1.60. The zero-order valence-electron chi connectivity index (χ0n) is 22.2. The number of aromatic hydroxyl groups is 1. The molecule has 0 aliphatic carbocycles. The summed E-state index contributed by atoms with van der Waals surface area (Å²) >= 11 is 0. The Morgan fingerprint density at radius 1 is 1.18 bits per heavy atom. The van der Waals surface area contributed by atoms with Crippen molar-refractivity contribution in [1.29, 1.82) is 5.26 Å². The highest BCUT2D eigenvalue weighted by atomic mass is 16.7. The first kappa shape index (κ1) is 24.9. The lowest BCUT2D eigenvalue weighted by Gasteiger charge is -2.59. The number of piperazine rings is 1. The summed E-state index contributed by atoms with van der Waals surface area (Å²) in [5.41, 5.74) is 5.31. The van der Waals surface area contributed by atoms with Crippen molar-refractivity contribution >= 4 is 0 Å². The van der Waals surface area contributed by atoms with Crippen LogP contribution in [-0.4, -0.2) is 72.3 Å². The van der Waals surface area contributed by atoms with Crippen LogP contribution in [0.15, 0.2) is 18.7 Å². The standard InChI is InChI=1S/C29H33N3O6/c1-6-7-36-27-15(3)28-29(38-13-37-28)23-17(27)10-19-24-22-16(8-14(2)26(35-5)25(22)34)9-18(31(24)4)20(11-30)32(19)21(23)12-33/h6,8,18-21,24,33-34H,1,7,9-10,12-13H2,2-5H3/t18-,19?,20?,21+,24+/m1/s1. The zero-order valence-corrected chi connectivity index (χ0v) is 22.2. The number of phenols is 1. The van der Waals surface area contributed by atoms with Gasteiger partial charge >= 0.3 is 0 Å². The smallest absolute Gasteiger partial charge is 0.231 e. The molecule has 200 valence electrons. The van der Waals surface area contributed by atoms with Crippen LogP contribution in [0.25, 0.3) is 0 Å². The summed E-state index contributed by atoms with van der Waals surface area (Å²) in [6.07, 6.45) is 2.83. The van der Waals surface area contributed by atoms with E-state index in [1.54, 1.807) is 13.2 Å². The van der Waals surface area contributed by atoms with Gasteiger partial charge in [-0.3, -0.25) is 9.80 Å². The quantitative estimate of drug-likeness (QED) is 0.576. The summed E-state index contributed by atoms with van der Waals surface area (Å²) in [5, 5.41) is 32.8. The maximum Gasteiger partial charge on any atom is 0.231 e. The van der Waals surface area contributed by atoms with Gasteiger partial charge in [0.25, 0.3) is 0 Å². The molecule has 0 spiro atoms. The van der Waals surface area contributed by atoms with E-state index in [1.165, 1.54) is 0 Å². The molecule has 1 fully saturated rings. The highest BCUT2D eigenvalue weighted by Gasteiger charge is 2.56. The molecule has 9 heteroatoms. The lowest BCUT2D eigenvalue weighted by molar-refractivity contribution is -0.0825. The molecule has 0 aromatic heterocycles. The summed E-state index contributed by atoms with van der Waals surface area (Å²) < 4.78 is 23.6. The molecule has 2 aromatic rings. The van der Waals surface area contributed by atoms with Gasteiger partial charge in [0.05, 0.1) is 31.9 Å². The molecule has 2 aromatic carbocycles. The van der Waals surface area contributed by atoms with Gasteiger partial charge in [-0.15, -0.1) is 0 Å². The van der Waals surface area contributed by atoms with E-state index in [-0.39, 0.29) is 37.3 Å². The summed E-state index contributed by atoms with van der Waals surface area (Å²) in [6.45, 7) is 7.88. The number of rotatable bonds is 5. The Morgan fingerprint density at radius 2 is 1.95 bits per heavy atom. The molecule has 6 rings (SSSR count). The fraction of sp³-hybridized carbons (Fsp3) is 0.483. The Kier molecular flexibility index (Phi) is 5.94. The fourth-order valence-corrected chi connectivity index (χ4v) is 7.34. The summed E-state index contributed by atoms with van der Waals surface area (Å²) in [6, 6.07) is 3.06. The second-order valence-corrected chi connectivity index (χ2v) is 10.5. The van der Waals surface area contributed by atoms with Crippen molar-refractivity contribution in [2.24, 2.45) is 0 Å². The van der Waals surface area contributed by atoms with Crippen LogP contribution in [0.3, 0.4) is 0 Å². The van der Waals surface area contributed by atoms with Gasteiger partial charge in [-0.25, -0.2) is 0 Å². The van der Waals surface area contributed by atoms with Gasteiger partial charge in [0.1, 0.15) is 18.4 Å². The van der Waals surface area contributed by atoms with Crippen molar-refractivity contribution in [2.75, 3.05) is 34.2 Å². The summed E-state index contributed by atoms with van der Waals surface area (Å²) in [7, 11) is 3.59. The minimum atomic E-state index is -0.509. The van der Waals surface area contributed by atoms with Gasteiger partial charge in [-0.05, 0) is 44.9 Å². The van der Waals surface area contributed by atoms with E-state index in [1.807, 2.05) is 20.9 Å². The van der Waals surface area contributed by atoms with Gasteiger partial charge in [0.15, 0.2) is 23.0 Å². The predicted octanol–water partition coefficient (Wildman–Crippen LogP) is 3.07. The summed E-state index contributed by atoms with van der Waals surface area (Å²) in [5.74, 6) is 2.54. The van der Waals surface area contributed by atoms with Gasteiger partial charge < -0.3 is 29.2 Å². The average Bonchev–Trinajstić information content (AvgIpc) is 3.39. The van der Waals surface area contributed by atoms with Crippen molar-refractivity contribution in [3.05, 3.63) is 52.1 Å². The average molecular weight is 520 g/mol. The molecular formula is C29H33N3O6. The third kappa shape index (κ3) is 3.20. The number of aryl methyl sites for hydroxylation is 1. The number of nitrogens with zero attached hydrogens (tertiary/aromatic N) is 3. The number of methoxy groups -OCH3 is 1. The van der Waals surface area contributed by atoms with E-state index in [0.717, 1.165) is 33.4 Å². The Hall–Kier alpha value is -3.45. The number of fused-ring (bicyclic) bond motifs is 9. The number of aliphatic hydroxyl groups excluding tert-OH is 1. The molecule has 1 saturated heterocycles. The third-order valence-electron chi connectivity index (χ3n) is 8.78. The van der Waals surface area contributed by atoms with E-state index in [9.17, 15) is 15.5 Å². The van der Waals surface area contributed by atoms with Gasteiger partial charge in [0.2, 0.25) is 6.79 Å². The highest BCUT2D eigenvalue weighted by Crippen LogP contribution is 2.58. The topological polar surface area (TPSA) is 108 Å². The number of likely N-dealkylation sites (N-methyl/N-ethyl adjacent to an activating group) is 1. The molecule has 0 radical (unpaired) electrons. The first-order valence-electron chi connectivity index (χ1n) is 13.0. The van der Waals surface area contributed by atoms with Crippen LogP contribution < -0.4 is 18.9 Å². The number of hydrogen-bond donors (Lipinski definition) is 2. The number of ether oxygens (including phenoxy) is 4. The van der Waals surface area contributed by atoms with Crippen LogP contribution in [0.1, 0.15) is 45.5 Å². The molecule has 38 heavy (non-hydrogen) atoms. The van der Waals surface area contributed by atoms with E-state index >= 15 is 0 Å². The number of phenolic OH excluding ortho intramolecular Hbond substituents is 1. The third-order valence-corrected chi connectivity index (χ3v) is 8.78. The van der Waals surface area contributed by atoms with E-state index in [0.29, 0.717) is 42.4 Å². The maximum absolute atomic E-state index is 11.5. The zero-order chi connectivity index (χ0) is 26.9. The second kappa shape index (κ2) is 9.09. The molecule has 2 N–H and O–H groups in total. The largest absolute Gasteiger partial charge is 0.504 e. The Morgan fingerprint density at radius 3 is 2.63 bits per heavy atom. The minimum Gasteiger partial charge on any atom is -0.504 e. The van der Waals surface area contributed by atoms with Crippen LogP contribution >= 0.6 is 0 Å². The van der Waals surface area contributed by atoms with Crippen LogP contribution in [0.5, 0.6) is 28.7 Å². The van der Waals surface area contributed by atoms with Crippen molar-refractivity contribution in [3.8, 4) is 34.8 Å². The molecule has 4 aliphatic heterocycles. The minimum absolute atomic E-state index is 0.0885. The Labute approximate surface area is 222 Å². The lowest BCUT2D eigenvalue weighted by Crippen LogP contribution is -2.68. The fourth-order valence-electron chi connectivity index (χ4n) is 7.34. The van der Waals surface area contributed by atoms with Crippen molar-refractivity contribution in [3.63, 3.8) is 0 Å². The highest BCUT2D eigenvalue weighted by molar-refractivity contribution is 5.66. The maximum atomic E-state index is 11.5. The predicted molar refractivity (Wildman–Crippen MR) is 139 cm³/mol.